The number of nitrogens with two attached hydrogens (primary N) is 1. The van der Waals surface area contributed by atoms with Crippen LogP contribution in [0.4, 0.5) is 5.69 Å². The third kappa shape index (κ3) is 5.92. The number of carbonyl (C=O) groups excluding carboxylic acids is 1. The summed E-state index contributed by atoms with van der Waals surface area (Å²) in [5, 5.41) is 0.217. The van der Waals surface area contributed by atoms with Gasteiger partial charge in [-0.05, 0) is 31.6 Å². The Morgan fingerprint density at radius 2 is 1.91 bits per heavy atom. The summed E-state index contributed by atoms with van der Waals surface area (Å²) in [6.45, 7) is 9.60. The molecule has 6 heteroatoms. The molecule has 0 heterocycles. The molecule has 0 aromatic heterocycles. The van der Waals surface area contributed by atoms with Crippen molar-refractivity contribution in [3.63, 3.8) is 0 Å². The van der Waals surface area contributed by atoms with Crippen LogP contribution in [0.15, 0.2) is 12.1 Å². The number of unbranched alkanes of at least 4 members (excludes halogenated alkanes) is 1. The maximum absolute atomic E-state index is 12.2. The van der Waals surface area contributed by atoms with E-state index in [0.717, 1.165) is 25.9 Å². The number of likely N-dealkylation sites (N-methyl/N-ethyl adjacent to an activating group) is 1. The van der Waals surface area contributed by atoms with Gasteiger partial charge in [0.05, 0.1) is 22.9 Å². The summed E-state index contributed by atoms with van der Waals surface area (Å²) in [6, 6.07) is 3.19. The van der Waals surface area contributed by atoms with Gasteiger partial charge in [0.25, 0.3) is 0 Å². The van der Waals surface area contributed by atoms with Crippen LogP contribution in [0.1, 0.15) is 44.0 Å². The molecule has 2 N–H and O–H groups in total. The molecule has 1 rings (SSSR count). The zero-order chi connectivity index (χ0) is 17.2. The molecule has 0 amide bonds. The molecule has 5 nitrogen and oxygen atoms in total. The number of benzene rings is 1. The van der Waals surface area contributed by atoms with Crippen molar-refractivity contribution in [3.8, 4) is 5.75 Å². The summed E-state index contributed by atoms with van der Waals surface area (Å²) >= 11 is 6.27. The Kier molecular flexibility index (Phi) is 8.81. The fourth-order valence-corrected chi connectivity index (χ4v) is 2.38. The molecule has 130 valence electrons. The molecule has 0 bridgehead atoms. The van der Waals surface area contributed by atoms with Gasteiger partial charge in [0.1, 0.15) is 6.61 Å². The van der Waals surface area contributed by atoms with E-state index in [0.29, 0.717) is 31.2 Å². The Morgan fingerprint density at radius 1 is 1.22 bits per heavy atom. The molecule has 0 saturated carbocycles. The van der Waals surface area contributed by atoms with Crippen LogP contribution in [0.3, 0.4) is 0 Å². The lowest BCUT2D eigenvalue weighted by Crippen LogP contribution is -2.28. The van der Waals surface area contributed by atoms with Crippen LogP contribution >= 0.6 is 11.6 Å². The van der Waals surface area contributed by atoms with E-state index in [9.17, 15) is 4.79 Å². The van der Waals surface area contributed by atoms with E-state index in [1.54, 1.807) is 12.1 Å². The Bertz CT molecular complexity index is 505. The monoisotopic (exact) mass is 342 g/mol. The molecule has 0 aliphatic rings. The first-order valence-corrected chi connectivity index (χ1v) is 8.53. The van der Waals surface area contributed by atoms with Crippen LogP contribution in [-0.2, 0) is 4.74 Å². The minimum absolute atomic E-state index is 0.217. The average molecular weight is 343 g/mol. The van der Waals surface area contributed by atoms with Gasteiger partial charge in [0, 0.05) is 6.54 Å². The molecule has 0 saturated heterocycles. The number of nitrogens with zero attached hydrogens (tertiary/aromatic N) is 1. The predicted molar refractivity (Wildman–Crippen MR) is 94.3 cm³/mol. The highest BCUT2D eigenvalue weighted by atomic mass is 35.5. The standard InChI is InChI=1S/C17H27ClN2O3/c1-4-7-11-22-16-14(19)9-8-13(15(16)18)17(21)23-12-10-20(5-2)6-3/h8-9H,4-7,10-12,19H2,1-3H3. The number of halogens is 1. The average Bonchev–Trinajstić information content (AvgIpc) is 2.54. The number of carbonyl (C=O) groups is 1. The topological polar surface area (TPSA) is 64.8 Å². The number of esters is 1. The van der Waals surface area contributed by atoms with E-state index >= 15 is 0 Å². The molecule has 1 aromatic carbocycles. The summed E-state index contributed by atoms with van der Waals surface area (Å²) < 4.78 is 10.9. The predicted octanol–water partition coefficient (Wildman–Crippen LogP) is 3.60. The second kappa shape index (κ2) is 10.3. The molecular formula is C17H27ClN2O3. The number of rotatable bonds is 10. The van der Waals surface area contributed by atoms with E-state index in [-0.39, 0.29) is 10.6 Å². The molecule has 0 spiro atoms. The van der Waals surface area contributed by atoms with Gasteiger partial charge in [0.15, 0.2) is 5.75 Å². The molecule has 0 atom stereocenters. The normalized spacial score (nSPS) is 10.8. The molecule has 0 radical (unpaired) electrons. The highest BCUT2D eigenvalue weighted by Gasteiger charge is 2.18. The number of hydrogen-bond donors (Lipinski definition) is 1. The van der Waals surface area contributed by atoms with Crippen molar-refractivity contribution in [3.05, 3.63) is 22.7 Å². The van der Waals surface area contributed by atoms with E-state index < -0.39 is 5.97 Å². The highest BCUT2D eigenvalue weighted by Crippen LogP contribution is 2.34. The van der Waals surface area contributed by atoms with Gasteiger partial charge in [-0.25, -0.2) is 4.79 Å². The Morgan fingerprint density at radius 3 is 2.52 bits per heavy atom. The molecular weight excluding hydrogens is 316 g/mol. The van der Waals surface area contributed by atoms with Crippen molar-refractivity contribution in [1.82, 2.24) is 4.90 Å². The zero-order valence-corrected chi connectivity index (χ0v) is 15.0. The molecule has 1 aromatic rings. The van der Waals surface area contributed by atoms with Crippen LogP contribution in [0.2, 0.25) is 5.02 Å². The maximum atomic E-state index is 12.2. The lowest BCUT2D eigenvalue weighted by atomic mass is 10.2. The Hall–Kier alpha value is -1.46. The van der Waals surface area contributed by atoms with E-state index in [1.807, 2.05) is 0 Å². The van der Waals surface area contributed by atoms with Crippen molar-refractivity contribution in [1.29, 1.82) is 0 Å². The summed E-state index contributed by atoms with van der Waals surface area (Å²) in [6.07, 6.45) is 1.90. The first-order chi connectivity index (χ1) is 11.0. The minimum Gasteiger partial charge on any atom is -0.490 e. The Labute approximate surface area is 143 Å². The van der Waals surface area contributed by atoms with Gasteiger partial charge in [-0.3, -0.25) is 0 Å². The van der Waals surface area contributed by atoms with E-state index in [1.165, 1.54) is 0 Å². The van der Waals surface area contributed by atoms with Crippen LogP contribution in [0.25, 0.3) is 0 Å². The van der Waals surface area contributed by atoms with Crippen LogP contribution in [-0.4, -0.2) is 43.7 Å². The molecule has 0 aliphatic carbocycles. The van der Waals surface area contributed by atoms with Gasteiger partial charge in [0.2, 0.25) is 0 Å². The van der Waals surface area contributed by atoms with Crippen LogP contribution < -0.4 is 10.5 Å². The quantitative estimate of drug-likeness (QED) is 0.400. The lowest BCUT2D eigenvalue weighted by Gasteiger charge is -2.18. The van der Waals surface area contributed by atoms with Crippen molar-refractivity contribution in [2.24, 2.45) is 0 Å². The number of nitrogen functional groups attached to an aromatic ring is 1. The van der Waals surface area contributed by atoms with Gasteiger partial charge in [-0.1, -0.05) is 38.8 Å². The second-order valence-corrected chi connectivity index (χ2v) is 5.59. The number of hydrogen-bond acceptors (Lipinski definition) is 5. The van der Waals surface area contributed by atoms with E-state index in [4.69, 9.17) is 26.8 Å². The molecule has 23 heavy (non-hydrogen) atoms. The summed E-state index contributed by atoms with van der Waals surface area (Å²) in [4.78, 5) is 14.4. The number of anilines is 1. The lowest BCUT2D eigenvalue weighted by molar-refractivity contribution is 0.0466. The molecule has 0 fully saturated rings. The van der Waals surface area contributed by atoms with Crippen LogP contribution in [0.5, 0.6) is 5.75 Å². The second-order valence-electron chi connectivity index (χ2n) is 5.21. The van der Waals surface area contributed by atoms with Crippen molar-refractivity contribution in [2.75, 3.05) is 38.6 Å². The smallest absolute Gasteiger partial charge is 0.339 e. The fourth-order valence-electron chi connectivity index (χ4n) is 2.08. The third-order valence-corrected chi connectivity index (χ3v) is 4.00. The van der Waals surface area contributed by atoms with E-state index in [2.05, 4.69) is 25.7 Å². The van der Waals surface area contributed by atoms with Gasteiger partial charge >= 0.3 is 5.97 Å². The molecule has 0 unspecified atom stereocenters. The van der Waals surface area contributed by atoms with Crippen molar-refractivity contribution >= 4 is 23.3 Å². The zero-order valence-electron chi connectivity index (χ0n) is 14.2. The maximum Gasteiger partial charge on any atom is 0.339 e. The SMILES string of the molecule is CCCCOc1c(N)ccc(C(=O)OCCN(CC)CC)c1Cl. The minimum atomic E-state index is -0.456. The summed E-state index contributed by atoms with van der Waals surface area (Å²) in [5.74, 6) is -0.0965. The fraction of sp³-hybridized carbons (Fsp3) is 0.588. The third-order valence-electron chi connectivity index (χ3n) is 3.63. The first-order valence-electron chi connectivity index (χ1n) is 8.15. The summed E-state index contributed by atoms with van der Waals surface area (Å²) in [7, 11) is 0. The van der Waals surface area contributed by atoms with Crippen molar-refractivity contribution < 1.29 is 14.3 Å². The van der Waals surface area contributed by atoms with Gasteiger partial charge < -0.3 is 20.1 Å². The summed E-state index contributed by atoms with van der Waals surface area (Å²) in [5.41, 5.74) is 6.59. The first kappa shape index (κ1) is 19.6. The highest BCUT2D eigenvalue weighted by molar-refractivity contribution is 6.35. The molecule has 0 aliphatic heterocycles. The van der Waals surface area contributed by atoms with Crippen LogP contribution in [0, 0.1) is 0 Å². The number of ether oxygens (including phenoxy) is 2. The van der Waals surface area contributed by atoms with Gasteiger partial charge in [-0.15, -0.1) is 0 Å². The largest absolute Gasteiger partial charge is 0.490 e. The van der Waals surface area contributed by atoms with Gasteiger partial charge in [-0.2, -0.15) is 0 Å². The Balaban J connectivity index is 2.71. The van der Waals surface area contributed by atoms with Crippen molar-refractivity contribution in [2.45, 2.75) is 33.6 Å².